The van der Waals surface area contributed by atoms with Gasteiger partial charge in [-0.1, -0.05) is 0 Å². The van der Waals surface area contributed by atoms with Crippen LogP contribution in [0.2, 0.25) is 0 Å². The fraction of sp³-hybridized carbons (Fsp3) is 0.421. The molecule has 0 saturated carbocycles. The number of non-ortho nitro benzene ring substituents is 1. The summed E-state index contributed by atoms with van der Waals surface area (Å²) in [5.41, 5.74) is -0.0288. The van der Waals surface area contributed by atoms with Crippen molar-refractivity contribution >= 4 is 11.6 Å². The fourth-order valence-electron chi connectivity index (χ4n) is 3.01. The number of benzene rings is 1. The van der Waals surface area contributed by atoms with E-state index < -0.39 is 4.92 Å². The number of nitrogens with one attached hydrogen (secondary N) is 1. The maximum Gasteiger partial charge on any atom is 0.269 e. The van der Waals surface area contributed by atoms with E-state index in [1.54, 1.807) is 0 Å². The quantitative estimate of drug-likeness (QED) is 0.544. The number of hydrogen-bond donors (Lipinski definition) is 1. The van der Waals surface area contributed by atoms with Crippen molar-refractivity contribution in [1.82, 2.24) is 10.2 Å². The molecule has 1 fully saturated rings. The molecular formula is C19H23N3O6. The van der Waals surface area contributed by atoms with Crippen molar-refractivity contribution in [3.05, 3.63) is 58.0 Å². The molecule has 1 aromatic heterocycles. The van der Waals surface area contributed by atoms with Gasteiger partial charge in [-0.05, 0) is 31.2 Å². The number of aryl methyl sites for hydroxylation is 1. The summed E-state index contributed by atoms with van der Waals surface area (Å²) in [4.78, 5) is 24.6. The summed E-state index contributed by atoms with van der Waals surface area (Å²) in [6.07, 6.45) is 0. The molecule has 1 aliphatic heterocycles. The Hall–Kier alpha value is -2.91. The van der Waals surface area contributed by atoms with Crippen molar-refractivity contribution in [2.45, 2.75) is 13.0 Å². The molecule has 0 bridgehead atoms. The SMILES string of the molecule is Cc1ccc(C(CNC(=O)COc2ccc([N+](=O)[O-])cc2)N2CCOCC2)o1. The molecule has 0 radical (unpaired) electrons. The second kappa shape index (κ2) is 9.34. The van der Waals surface area contributed by atoms with Gasteiger partial charge in [0.15, 0.2) is 6.61 Å². The Labute approximate surface area is 162 Å². The standard InChI is InChI=1S/C19H23N3O6/c1-14-2-7-18(28-14)17(21-8-10-26-11-9-21)12-20-19(23)13-27-16-5-3-15(4-6-16)22(24)25/h2-7,17H,8-13H2,1H3,(H,20,23). The van der Waals surface area contributed by atoms with Gasteiger partial charge in [-0.15, -0.1) is 0 Å². The third kappa shape index (κ3) is 5.30. The summed E-state index contributed by atoms with van der Waals surface area (Å²) in [5.74, 6) is 1.74. The molecule has 150 valence electrons. The van der Waals surface area contributed by atoms with Crippen LogP contribution in [0.3, 0.4) is 0 Å². The lowest BCUT2D eigenvalue weighted by Crippen LogP contribution is -2.44. The molecule has 1 aromatic carbocycles. The van der Waals surface area contributed by atoms with E-state index in [-0.39, 0.29) is 24.2 Å². The van der Waals surface area contributed by atoms with Crippen molar-refractivity contribution in [1.29, 1.82) is 0 Å². The molecule has 3 rings (SSSR count). The van der Waals surface area contributed by atoms with Crippen LogP contribution in [-0.2, 0) is 9.53 Å². The molecule has 1 unspecified atom stereocenters. The first kappa shape index (κ1) is 19.8. The number of morpholine rings is 1. The number of rotatable bonds is 8. The molecule has 2 heterocycles. The molecule has 9 nitrogen and oxygen atoms in total. The summed E-state index contributed by atoms with van der Waals surface area (Å²) in [7, 11) is 0. The Morgan fingerprint density at radius 3 is 2.57 bits per heavy atom. The van der Waals surface area contributed by atoms with Crippen molar-refractivity contribution in [3.63, 3.8) is 0 Å². The predicted molar refractivity (Wildman–Crippen MR) is 100 cm³/mol. The number of carbonyl (C=O) groups excluding carboxylic acids is 1. The number of nitro benzene ring substituents is 1. The lowest BCUT2D eigenvalue weighted by molar-refractivity contribution is -0.384. The van der Waals surface area contributed by atoms with Crippen LogP contribution in [0, 0.1) is 17.0 Å². The molecule has 1 aliphatic rings. The summed E-state index contributed by atoms with van der Waals surface area (Å²) >= 11 is 0. The molecule has 1 N–H and O–H groups in total. The predicted octanol–water partition coefficient (Wildman–Crippen LogP) is 2.06. The van der Waals surface area contributed by atoms with E-state index in [9.17, 15) is 14.9 Å². The van der Waals surface area contributed by atoms with Gasteiger partial charge in [0.1, 0.15) is 17.3 Å². The Kier molecular flexibility index (Phi) is 6.62. The van der Waals surface area contributed by atoms with Crippen LogP contribution in [0.5, 0.6) is 5.75 Å². The van der Waals surface area contributed by atoms with Crippen LogP contribution in [-0.4, -0.2) is 55.2 Å². The van der Waals surface area contributed by atoms with E-state index in [4.69, 9.17) is 13.9 Å². The minimum Gasteiger partial charge on any atom is -0.484 e. The van der Waals surface area contributed by atoms with Crippen LogP contribution in [0.4, 0.5) is 5.69 Å². The molecule has 0 spiro atoms. The smallest absolute Gasteiger partial charge is 0.269 e. The van der Waals surface area contributed by atoms with E-state index >= 15 is 0 Å². The Bertz CT molecular complexity index is 798. The largest absolute Gasteiger partial charge is 0.484 e. The first-order valence-corrected chi connectivity index (χ1v) is 9.05. The second-order valence-electron chi connectivity index (χ2n) is 6.46. The molecule has 1 atom stereocenters. The monoisotopic (exact) mass is 389 g/mol. The van der Waals surface area contributed by atoms with E-state index in [0.29, 0.717) is 25.5 Å². The number of hydrogen-bond acceptors (Lipinski definition) is 7. The topological polar surface area (TPSA) is 107 Å². The number of ether oxygens (including phenoxy) is 2. The van der Waals surface area contributed by atoms with Crippen molar-refractivity contribution in [3.8, 4) is 5.75 Å². The van der Waals surface area contributed by atoms with Gasteiger partial charge in [-0.3, -0.25) is 19.8 Å². The van der Waals surface area contributed by atoms with Crippen LogP contribution in [0.1, 0.15) is 17.6 Å². The first-order chi connectivity index (χ1) is 13.5. The lowest BCUT2D eigenvalue weighted by atomic mass is 10.1. The first-order valence-electron chi connectivity index (χ1n) is 9.05. The summed E-state index contributed by atoms with van der Waals surface area (Å²) in [5, 5.41) is 13.5. The van der Waals surface area contributed by atoms with Gasteiger partial charge in [0.05, 0.1) is 24.2 Å². The van der Waals surface area contributed by atoms with Gasteiger partial charge in [0.2, 0.25) is 0 Å². The van der Waals surface area contributed by atoms with Crippen LogP contribution >= 0.6 is 0 Å². The minimum atomic E-state index is -0.487. The normalized spacial score (nSPS) is 15.8. The number of amides is 1. The van der Waals surface area contributed by atoms with E-state index in [1.165, 1.54) is 24.3 Å². The average Bonchev–Trinajstić information content (AvgIpc) is 3.13. The molecule has 0 aliphatic carbocycles. The van der Waals surface area contributed by atoms with Gasteiger partial charge in [0, 0.05) is 31.8 Å². The Morgan fingerprint density at radius 1 is 1.25 bits per heavy atom. The van der Waals surface area contributed by atoms with E-state index in [1.807, 2.05) is 19.1 Å². The maximum absolute atomic E-state index is 12.2. The van der Waals surface area contributed by atoms with Gasteiger partial charge in [-0.25, -0.2) is 0 Å². The van der Waals surface area contributed by atoms with Crippen molar-refractivity contribution < 1.29 is 23.6 Å². The average molecular weight is 389 g/mol. The highest BCUT2D eigenvalue weighted by Crippen LogP contribution is 2.23. The zero-order chi connectivity index (χ0) is 19.9. The summed E-state index contributed by atoms with van der Waals surface area (Å²) in [6.45, 7) is 4.91. The van der Waals surface area contributed by atoms with Gasteiger partial charge >= 0.3 is 0 Å². The van der Waals surface area contributed by atoms with Gasteiger partial charge in [0.25, 0.3) is 11.6 Å². The summed E-state index contributed by atoms with van der Waals surface area (Å²) in [6, 6.07) is 9.35. The van der Waals surface area contributed by atoms with Crippen LogP contribution in [0.25, 0.3) is 0 Å². The molecule has 1 saturated heterocycles. The molecule has 1 amide bonds. The Morgan fingerprint density at radius 2 is 1.96 bits per heavy atom. The summed E-state index contributed by atoms with van der Waals surface area (Å²) < 4.78 is 16.6. The highest BCUT2D eigenvalue weighted by molar-refractivity contribution is 5.77. The Balaban J connectivity index is 1.53. The maximum atomic E-state index is 12.2. The van der Waals surface area contributed by atoms with Gasteiger partial charge in [-0.2, -0.15) is 0 Å². The zero-order valence-corrected chi connectivity index (χ0v) is 15.6. The molecule has 2 aromatic rings. The number of nitro groups is 1. The highest BCUT2D eigenvalue weighted by Gasteiger charge is 2.25. The van der Waals surface area contributed by atoms with E-state index in [0.717, 1.165) is 24.6 Å². The molecule has 9 heteroatoms. The number of furan rings is 1. The van der Waals surface area contributed by atoms with Gasteiger partial charge < -0.3 is 19.2 Å². The fourth-order valence-corrected chi connectivity index (χ4v) is 3.01. The van der Waals surface area contributed by atoms with Crippen LogP contribution < -0.4 is 10.1 Å². The number of nitrogens with zero attached hydrogens (tertiary/aromatic N) is 2. The molecule has 28 heavy (non-hydrogen) atoms. The number of carbonyl (C=O) groups is 1. The van der Waals surface area contributed by atoms with Crippen LogP contribution in [0.15, 0.2) is 40.8 Å². The third-order valence-electron chi connectivity index (χ3n) is 4.49. The third-order valence-corrected chi connectivity index (χ3v) is 4.49. The highest BCUT2D eigenvalue weighted by atomic mass is 16.6. The second-order valence-corrected chi connectivity index (χ2v) is 6.46. The minimum absolute atomic E-state index is 0.0288. The van der Waals surface area contributed by atoms with Crippen molar-refractivity contribution in [2.75, 3.05) is 39.5 Å². The van der Waals surface area contributed by atoms with E-state index in [2.05, 4.69) is 10.2 Å². The van der Waals surface area contributed by atoms with Crippen molar-refractivity contribution in [2.24, 2.45) is 0 Å². The molecular weight excluding hydrogens is 366 g/mol. The zero-order valence-electron chi connectivity index (χ0n) is 15.6. The lowest BCUT2D eigenvalue weighted by Gasteiger charge is -2.33.